The molecule has 100 valence electrons. The molecule has 0 amide bonds. The summed E-state index contributed by atoms with van der Waals surface area (Å²) >= 11 is 0. The van der Waals surface area contributed by atoms with Crippen molar-refractivity contribution in [1.29, 1.82) is 0 Å². The summed E-state index contributed by atoms with van der Waals surface area (Å²) in [5, 5.41) is 0. The van der Waals surface area contributed by atoms with Crippen LogP contribution in [0, 0.1) is 5.41 Å². The predicted octanol–water partition coefficient (Wildman–Crippen LogP) is 1.48. The van der Waals surface area contributed by atoms with Crippen LogP contribution in [0.3, 0.4) is 0 Å². The Morgan fingerprint density at radius 1 is 1.28 bits per heavy atom. The Morgan fingerprint density at radius 2 is 1.94 bits per heavy atom. The molecule has 2 heterocycles. The van der Waals surface area contributed by atoms with Crippen molar-refractivity contribution in [2.24, 2.45) is 5.41 Å². The van der Waals surface area contributed by atoms with Crippen LogP contribution in [0.25, 0.3) is 0 Å². The quantitative estimate of drug-likeness (QED) is 0.861. The van der Waals surface area contributed by atoms with E-state index >= 15 is 0 Å². The Kier molecular flexibility index (Phi) is 3.71. The smallest absolute Gasteiger partial charge is 0.227 e. The Balaban J connectivity index is 2.20. The molecule has 2 rings (SSSR count). The van der Waals surface area contributed by atoms with E-state index in [1.165, 1.54) is 0 Å². The lowest BCUT2D eigenvalue weighted by molar-refractivity contribution is 0.122. The molecule has 1 fully saturated rings. The van der Waals surface area contributed by atoms with Crippen molar-refractivity contribution in [3.05, 3.63) is 11.8 Å². The number of rotatable bonds is 2. The molecule has 5 heteroatoms. The van der Waals surface area contributed by atoms with Gasteiger partial charge in [0.1, 0.15) is 5.82 Å². The van der Waals surface area contributed by atoms with E-state index < -0.39 is 0 Å². The van der Waals surface area contributed by atoms with Crippen molar-refractivity contribution >= 4 is 11.8 Å². The molecular formula is C13H22N4O. The third kappa shape index (κ3) is 3.57. The van der Waals surface area contributed by atoms with Crippen LogP contribution in [0.1, 0.15) is 26.5 Å². The Bertz CT molecular complexity index is 408. The first-order chi connectivity index (χ1) is 8.44. The van der Waals surface area contributed by atoms with Gasteiger partial charge in [0.2, 0.25) is 5.95 Å². The van der Waals surface area contributed by atoms with Crippen LogP contribution in [0.5, 0.6) is 0 Å². The van der Waals surface area contributed by atoms with Gasteiger partial charge in [0, 0.05) is 24.8 Å². The van der Waals surface area contributed by atoms with Crippen molar-refractivity contribution in [1.82, 2.24) is 9.97 Å². The first-order valence-corrected chi connectivity index (χ1v) is 6.40. The molecule has 1 aromatic heterocycles. The van der Waals surface area contributed by atoms with E-state index in [1.807, 2.05) is 6.07 Å². The average molecular weight is 250 g/mol. The molecule has 2 N–H and O–H groups in total. The SMILES string of the molecule is CC(C)(C)Cc1cc(N)nc(N2CCOCC2)n1. The van der Waals surface area contributed by atoms with Gasteiger partial charge >= 0.3 is 0 Å². The number of anilines is 2. The van der Waals surface area contributed by atoms with Crippen LogP contribution in [-0.2, 0) is 11.2 Å². The van der Waals surface area contributed by atoms with Gasteiger partial charge in [-0.3, -0.25) is 0 Å². The minimum atomic E-state index is 0.197. The van der Waals surface area contributed by atoms with Crippen LogP contribution < -0.4 is 10.6 Å². The predicted molar refractivity (Wildman–Crippen MR) is 72.6 cm³/mol. The number of nitrogen functional groups attached to an aromatic ring is 1. The van der Waals surface area contributed by atoms with Gasteiger partial charge in [-0.25, -0.2) is 4.98 Å². The van der Waals surface area contributed by atoms with Gasteiger partial charge in [-0.05, 0) is 11.8 Å². The summed E-state index contributed by atoms with van der Waals surface area (Å²) in [6.45, 7) is 9.70. The van der Waals surface area contributed by atoms with Crippen molar-refractivity contribution in [3.63, 3.8) is 0 Å². The summed E-state index contributed by atoms with van der Waals surface area (Å²) in [4.78, 5) is 11.1. The van der Waals surface area contributed by atoms with Gasteiger partial charge in [0.05, 0.1) is 13.2 Å². The van der Waals surface area contributed by atoms with Crippen LogP contribution in [-0.4, -0.2) is 36.3 Å². The van der Waals surface area contributed by atoms with E-state index in [0.717, 1.165) is 44.4 Å². The molecule has 18 heavy (non-hydrogen) atoms. The lowest BCUT2D eigenvalue weighted by Crippen LogP contribution is -2.37. The maximum atomic E-state index is 5.88. The molecular weight excluding hydrogens is 228 g/mol. The lowest BCUT2D eigenvalue weighted by atomic mass is 9.90. The summed E-state index contributed by atoms with van der Waals surface area (Å²) in [6.07, 6.45) is 0.900. The fourth-order valence-corrected chi connectivity index (χ4v) is 2.04. The second-order valence-electron chi connectivity index (χ2n) is 5.92. The maximum absolute atomic E-state index is 5.88. The third-order valence-corrected chi connectivity index (χ3v) is 2.79. The summed E-state index contributed by atoms with van der Waals surface area (Å²) < 4.78 is 5.33. The molecule has 1 aromatic rings. The maximum Gasteiger partial charge on any atom is 0.227 e. The van der Waals surface area contributed by atoms with E-state index in [-0.39, 0.29) is 5.41 Å². The minimum absolute atomic E-state index is 0.197. The molecule has 0 radical (unpaired) electrons. The van der Waals surface area contributed by atoms with Crippen molar-refractivity contribution in [2.75, 3.05) is 36.9 Å². The summed E-state index contributed by atoms with van der Waals surface area (Å²) in [7, 11) is 0. The van der Waals surface area contributed by atoms with Gasteiger partial charge in [-0.1, -0.05) is 20.8 Å². The van der Waals surface area contributed by atoms with Gasteiger partial charge in [-0.2, -0.15) is 4.98 Å². The molecule has 1 aliphatic rings. The summed E-state index contributed by atoms with van der Waals surface area (Å²) in [5.74, 6) is 1.28. The largest absolute Gasteiger partial charge is 0.384 e. The third-order valence-electron chi connectivity index (χ3n) is 2.79. The Morgan fingerprint density at radius 3 is 2.56 bits per heavy atom. The Hall–Kier alpha value is -1.36. The standard InChI is InChI=1S/C13H22N4O/c1-13(2,3)9-10-8-11(14)16-12(15-10)17-4-6-18-7-5-17/h8H,4-7,9H2,1-3H3,(H2,14,15,16). The van der Waals surface area contributed by atoms with Crippen molar-refractivity contribution in [2.45, 2.75) is 27.2 Å². The summed E-state index contributed by atoms with van der Waals surface area (Å²) in [5.41, 5.74) is 7.08. The number of nitrogens with two attached hydrogens (primary N) is 1. The fraction of sp³-hybridized carbons (Fsp3) is 0.692. The zero-order chi connectivity index (χ0) is 13.2. The minimum Gasteiger partial charge on any atom is -0.384 e. The van der Waals surface area contributed by atoms with Gasteiger partial charge < -0.3 is 15.4 Å². The monoisotopic (exact) mass is 250 g/mol. The molecule has 5 nitrogen and oxygen atoms in total. The number of hydrogen-bond donors (Lipinski definition) is 1. The highest BCUT2D eigenvalue weighted by Crippen LogP contribution is 2.22. The number of aromatic nitrogens is 2. The van der Waals surface area contributed by atoms with Crippen molar-refractivity contribution < 1.29 is 4.74 Å². The van der Waals surface area contributed by atoms with Crippen molar-refractivity contribution in [3.8, 4) is 0 Å². The van der Waals surface area contributed by atoms with E-state index in [1.54, 1.807) is 0 Å². The molecule has 0 saturated carbocycles. The topological polar surface area (TPSA) is 64.3 Å². The van der Waals surface area contributed by atoms with Gasteiger partial charge in [-0.15, -0.1) is 0 Å². The van der Waals surface area contributed by atoms with Gasteiger partial charge in [0.25, 0.3) is 0 Å². The molecule has 0 unspecified atom stereocenters. The van der Waals surface area contributed by atoms with Crippen LogP contribution in [0.4, 0.5) is 11.8 Å². The van der Waals surface area contributed by atoms with E-state index in [2.05, 4.69) is 35.6 Å². The average Bonchev–Trinajstić information content (AvgIpc) is 2.27. The molecule has 0 aliphatic carbocycles. The molecule has 0 atom stereocenters. The van der Waals surface area contributed by atoms with E-state index in [4.69, 9.17) is 10.5 Å². The first-order valence-electron chi connectivity index (χ1n) is 6.40. The highest BCUT2D eigenvalue weighted by molar-refractivity contribution is 5.41. The molecule has 1 aliphatic heterocycles. The number of ether oxygens (including phenoxy) is 1. The lowest BCUT2D eigenvalue weighted by Gasteiger charge is -2.27. The van der Waals surface area contributed by atoms with Crippen LogP contribution in [0.15, 0.2) is 6.07 Å². The highest BCUT2D eigenvalue weighted by atomic mass is 16.5. The van der Waals surface area contributed by atoms with Crippen LogP contribution in [0.2, 0.25) is 0 Å². The molecule has 0 spiro atoms. The first kappa shape index (κ1) is 13.1. The zero-order valence-electron chi connectivity index (χ0n) is 11.4. The molecule has 0 aromatic carbocycles. The number of hydrogen-bond acceptors (Lipinski definition) is 5. The number of morpholine rings is 1. The molecule has 1 saturated heterocycles. The molecule has 0 bridgehead atoms. The number of nitrogens with zero attached hydrogens (tertiary/aromatic N) is 3. The Labute approximate surface area is 108 Å². The normalized spacial score (nSPS) is 16.9. The second-order valence-corrected chi connectivity index (χ2v) is 5.92. The van der Waals surface area contributed by atoms with E-state index in [9.17, 15) is 0 Å². The fourth-order valence-electron chi connectivity index (χ4n) is 2.04. The second kappa shape index (κ2) is 5.10. The van der Waals surface area contributed by atoms with Crippen LogP contribution >= 0.6 is 0 Å². The highest BCUT2D eigenvalue weighted by Gasteiger charge is 2.17. The summed E-state index contributed by atoms with van der Waals surface area (Å²) in [6, 6.07) is 1.87. The van der Waals surface area contributed by atoms with E-state index in [0.29, 0.717) is 5.82 Å². The zero-order valence-corrected chi connectivity index (χ0v) is 11.4. The van der Waals surface area contributed by atoms with Gasteiger partial charge in [0.15, 0.2) is 0 Å².